The molecule has 0 aromatic rings. The van der Waals surface area contributed by atoms with Gasteiger partial charge in [-0.1, -0.05) is 27.2 Å². The average Bonchev–Trinajstić information content (AvgIpc) is 2.72. The van der Waals surface area contributed by atoms with Gasteiger partial charge in [0.1, 0.15) is 0 Å². The van der Waals surface area contributed by atoms with Gasteiger partial charge in [0.25, 0.3) is 0 Å². The molecule has 0 saturated carbocycles. The summed E-state index contributed by atoms with van der Waals surface area (Å²) >= 11 is 0. The normalized spacial score (nSPS) is 18.0. The van der Waals surface area contributed by atoms with Crippen LogP contribution in [0, 0.1) is 5.41 Å². The van der Waals surface area contributed by atoms with Crippen LogP contribution >= 0.6 is 24.0 Å². The molecule has 1 heterocycles. The molecule has 5 heteroatoms. The van der Waals surface area contributed by atoms with Gasteiger partial charge in [0.2, 0.25) is 0 Å². The fourth-order valence-electron chi connectivity index (χ4n) is 2.28. The molecule has 0 amide bonds. The van der Waals surface area contributed by atoms with Crippen molar-refractivity contribution in [2.24, 2.45) is 10.4 Å². The van der Waals surface area contributed by atoms with E-state index in [1.54, 1.807) is 0 Å². The number of unbranched alkanes of at least 4 members (excludes halogenated alkanes) is 1. The molecule has 4 nitrogen and oxygen atoms in total. The Balaban J connectivity index is 0.00000361. The SMILES string of the molecule is CCCCOCCN=C(NCC)N1CCC(C)(C)C1.I. The summed E-state index contributed by atoms with van der Waals surface area (Å²) in [6, 6.07) is 0. The van der Waals surface area contributed by atoms with Crippen LogP contribution in [0.4, 0.5) is 0 Å². The first-order valence-electron chi connectivity index (χ1n) is 7.70. The lowest BCUT2D eigenvalue weighted by Crippen LogP contribution is -2.41. The fourth-order valence-corrected chi connectivity index (χ4v) is 2.28. The van der Waals surface area contributed by atoms with Crippen LogP contribution in [-0.4, -0.2) is 50.3 Å². The maximum atomic E-state index is 5.55. The summed E-state index contributed by atoms with van der Waals surface area (Å²) in [6.45, 7) is 14.4. The van der Waals surface area contributed by atoms with Gasteiger partial charge in [-0.25, -0.2) is 0 Å². The molecule has 0 radical (unpaired) electrons. The lowest BCUT2D eigenvalue weighted by Gasteiger charge is -2.23. The molecule has 120 valence electrons. The Bertz CT molecular complexity index is 282. The van der Waals surface area contributed by atoms with E-state index in [-0.39, 0.29) is 24.0 Å². The zero-order valence-corrected chi connectivity index (χ0v) is 15.9. The van der Waals surface area contributed by atoms with Crippen LogP contribution in [0.15, 0.2) is 4.99 Å². The topological polar surface area (TPSA) is 36.9 Å². The number of nitrogens with one attached hydrogen (secondary N) is 1. The summed E-state index contributed by atoms with van der Waals surface area (Å²) in [5, 5.41) is 3.38. The molecule has 0 atom stereocenters. The van der Waals surface area contributed by atoms with Gasteiger partial charge >= 0.3 is 0 Å². The van der Waals surface area contributed by atoms with Crippen LogP contribution in [0.3, 0.4) is 0 Å². The third-order valence-electron chi connectivity index (χ3n) is 3.45. The van der Waals surface area contributed by atoms with Gasteiger partial charge in [0, 0.05) is 26.2 Å². The minimum Gasteiger partial charge on any atom is -0.380 e. The van der Waals surface area contributed by atoms with Crippen molar-refractivity contribution in [2.45, 2.75) is 47.0 Å². The molecule has 1 aliphatic heterocycles. The van der Waals surface area contributed by atoms with Crippen LogP contribution in [0.2, 0.25) is 0 Å². The second kappa shape index (κ2) is 10.7. The Morgan fingerprint density at radius 1 is 1.30 bits per heavy atom. The molecule has 0 aromatic heterocycles. The highest BCUT2D eigenvalue weighted by Crippen LogP contribution is 2.28. The lowest BCUT2D eigenvalue weighted by atomic mass is 9.93. The molecule has 0 aromatic carbocycles. The van der Waals surface area contributed by atoms with Crippen LogP contribution in [0.1, 0.15) is 47.0 Å². The number of hydrogen-bond donors (Lipinski definition) is 1. The molecule has 0 aliphatic carbocycles. The first-order chi connectivity index (χ1) is 9.09. The highest BCUT2D eigenvalue weighted by Gasteiger charge is 2.30. The number of halogens is 1. The third-order valence-corrected chi connectivity index (χ3v) is 3.45. The second-order valence-electron chi connectivity index (χ2n) is 6.04. The quantitative estimate of drug-likeness (QED) is 0.311. The van der Waals surface area contributed by atoms with Crippen molar-refractivity contribution in [1.29, 1.82) is 0 Å². The van der Waals surface area contributed by atoms with E-state index in [0.29, 0.717) is 5.41 Å². The maximum Gasteiger partial charge on any atom is 0.194 e. The van der Waals surface area contributed by atoms with Gasteiger partial charge in [-0.3, -0.25) is 4.99 Å². The Labute approximate surface area is 141 Å². The zero-order chi connectivity index (χ0) is 14.1. The molecular weight excluding hydrogens is 365 g/mol. The molecule has 1 rings (SSSR count). The van der Waals surface area contributed by atoms with Crippen molar-refractivity contribution in [3.63, 3.8) is 0 Å². The standard InChI is InChI=1S/C15H31N3O.HI/c1-5-7-11-19-12-9-17-14(16-6-2)18-10-8-15(3,4)13-18;/h5-13H2,1-4H3,(H,16,17);1H. The number of guanidine groups is 1. The van der Waals surface area contributed by atoms with Crippen molar-refractivity contribution in [1.82, 2.24) is 10.2 Å². The number of ether oxygens (including phenoxy) is 1. The van der Waals surface area contributed by atoms with Gasteiger partial charge in [-0.15, -0.1) is 24.0 Å². The van der Waals surface area contributed by atoms with Crippen LogP contribution in [0.25, 0.3) is 0 Å². The highest BCUT2D eigenvalue weighted by molar-refractivity contribution is 14.0. The molecule has 20 heavy (non-hydrogen) atoms. The van der Waals surface area contributed by atoms with Gasteiger partial charge in [0.15, 0.2) is 5.96 Å². The number of likely N-dealkylation sites (tertiary alicyclic amines) is 1. The van der Waals surface area contributed by atoms with E-state index in [1.165, 1.54) is 12.8 Å². The van der Waals surface area contributed by atoms with E-state index in [0.717, 1.165) is 51.8 Å². The summed E-state index contributed by atoms with van der Waals surface area (Å²) in [7, 11) is 0. The van der Waals surface area contributed by atoms with Gasteiger partial charge < -0.3 is 15.0 Å². The molecular formula is C15H32IN3O. The predicted octanol–water partition coefficient (Wildman–Crippen LogP) is 3.12. The molecule has 0 spiro atoms. The molecule has 1 saturated heterocycles. The Morgan fingerprint density at radius 2 is 2.05 bits per heavy atom. The maximum absolute atomic E-state index is 5.55. The fraction of sp³-hybridized carbons (Fsp3) is 0.933. The molecule has 0 bridgehead atoms. The van der Waals surface area contributed by atoms with Gasteiger partial charge in [-0.2, -0.15) is 0 Å². The number of aliphatic imine (C=N–C) groups is 1. The lowest BCUT2D eigenvalue weighted by molar-refractivity contribution is 0.138. The van der Waals surface area contributed by atoms with Crippen molar-refractivity contribution in [3.8, 4) is 0 Å². The minimum absolute atomic E-state index is 0. The molecule has 1 N–H and O–H groups in total. The first-order valence-corrected chi connectivity index (χ1v) is 7.70. The number of rotatable bonds is 7. The summed E-state index contributed by atoms with van der Waals surface area (Å²) in [6.07, 6.45) is 3.57. The Morgan fingerprint density at radius 3 is 2.60 bits per heavy atom. The minimum atomic E-state index is 0. The summed E-state index contributed by atoms with van der Waals surface area (Å²) in [5.74, 6) is 1.05. The van der Waals surface area contributed by atoms with Crippen LogP contribution in [0.5, 0.6) is 0 Å². The van der Waals surface area contributed by atoms with E-state index in [2.05, 4.69) is 42.9 Å². The van der Waals surface area contributed by atoms with Crippen molar-refractivity contribution in [2.75, 3.05) is 39.4 Å². The summed E-state index contributed by atoms with van der Waals surface area (Å²) < 4.78 is 5.55. The van der Waals surface area contributed by atoms with Crippen LogP contribution in [-0.2, 0) is 4.74 Å². The van der Waals surface area contributed by atoms with E-state index in [4.69, 9.17) is 4.74 Å². The van der Waals surface area contributed by atoms with E-state index in [1.807, 2.05) is 0 Å². The van der Waals surface area contributed by atoms with E-state index in [9.17, 15) is 0 Å². The molecule has 1 aliphatic rings. The smallest absolute Gasteiger partial charge is 0.194 e. The van der Waals surface area contributed by atoms with E-state index < -0.39 is 0 Å². The second-order valence-corrected chi connectivity index (χ2v) is 6.04. The van der Waals surface area contributed by atoms with Gasteiger partial charge in [0.05, 0.1) is 13.2 Å². The number of nitrogens with zero attached hydrogens (tertiary/aromatic N) is 2. The summed E-state index contributed by atoms with van der Waals surface area (Å²) in [5.41, 5.74) is 0.411. The predicted molar refractivity (Wildman–Crippen MR) is 97.1 cm³/mol. The first kappa shape index (κ1) is 20.0. The Hall–Kier alpha value is -0.0400. The van der Waals surface area contributed by atoms with E-state index >= 15 is 0 Å². The number of hydrogen-bond acceptors (Lipinski definition) is 2. The zero-order valence-electron chi connectivity index (χ0n) is 13.6. The average molecular weight is 397 g/mol. The third kappa shape index (κ3) is 7.67. The monoisotopic (exact) mass is 397 g/mol. The Kier molecular flexibility index (Phi) is 10.6. The molecule has 0 unspecified atom stereocenters. The summed E-state index contributed by atoms with van der Waals surface area (Å²) in [4.78, 5) is 7.04. The van der Waals surface area contributed by atoms with Crippen molar-refractivity contribution < 1.29 is 4.74 Å². The van der Waals surface area contributed by atoms with Crippen molar-refractivity contribution >= 4 is 29.9 Å². The van der Waals surface area contributed by atoms with Crippen molar-refractivity contribution in [3.05, 3.63) is 0 Å². The molecule has 1 fully saturated rings. The van der Waals surface area contributed by atoms with Gasteiger partial charge in [-0.05, 0) is 25.2 Å². The highest BCUT2D eigenvalue weighted by atomic mass is 127. The van der Waals surface area contributed by atoms with Crippen LogP contribution < -0.4 is 5.32 Å². The largest absolute Gasteiger partial charge is 0.380 e.